The zero-order valence-corrected chi connectivity index (χ0v) is 15.5. The number of halogens is 2. The molecular formula is C23H18F2N2O2. The Morgan fingerprint density at radius 3 is 2.10 bits per heavy atom. The van der Waals surface area contributed by atoms with Crippen LogP contribution in [0.5, 0.6) is 0 Å². The van der Waals surface area contributed by atoms with E-state index in [4.69, 9.17) is 0 Å². The van der Waals surface area contributed by atoms with Crippen LogP contribution in [0.2, 0.25) is 0 Å². The molecule has 1 aliphatic heterocycles. The summed E-state index contributed by atoms with van der Waals surface area (Å²) in [5.41, 5.74) is 2.55. The van der Waals surface area contributed by atoms with Gasteiger partial charge in [0.25, 0.3) is 11.8 Å². The lowest BCUT2D eigenvalue weighted by molar-refractivity contribution is 0.0734. The van der Waals surface area contributed by atoms with Gasteiger partial charge in [0.2, 0.25) is 0 Å². The quantitative estimate of drug-likeness (QED) is 0.718. The van der Waals surface area contributed by atoms with Crippen molar-refractivity contribution >= 4 is 17.5 Å². The molecule has 146 valence electrons. The van der Waals surface area contributed by atoms with Crippen molar-refractivity contribution in [3.63, 3.8) is 0 Å². The molecule has 1 N–H and O–H groups in total. The number of hydrogen-bond acceptors (Lipinski definition) is 2. The fourth-order valence-corrected chi connectivity index (χ4v) is 3.42. The van der Waals surface area contributed by atoms with Gasteiger partial charge in [0.1, 0.15) is 17.3 Å². The van der Waals surface area contributed by atoms with E-state index < -0.39 is 23.2 Å². The molecule has 0 spiro atoms. The highest BCUT2D eigenvalue weighted by Crippen LogP contribution is 2.21. The van der Waals surface area contributed by atoms with Gasteiger partial charge < -0.3 is 10.2 Å². The Balaban J connectivity index is 1.46. The minimum atomic E-state index is -0.851. The molecule has 0 unspecified atom stereocenters. The largest absolute Gasteiger partial charge is 0.334 e. The van der Waals surface area contributed by atoms with E-state index in [1.54, 1.807) is 17.0 Å². The third kappa shape index (κ3) is 3.87. The van der Waals surface area contributed by atoms with Crippen molar-refractivity contribution in [2.75, 3.05) is 11.9 Å². The summed E-state index contributed by atoms with van der Waals surface area (Å²) in [6.07, 6.45) is 0.802. The Labute approximate surface area is 166 Å². The van der Waals surface area contributed by atoms with E-state index in [0.29, 0.717) is 18.7 Å². The summed E-state index contributed by atoms with van der Waals surface area (Å²) in [4.78, 5) is 26.9. The number of anilines is 1. The summed E-state index contributed by atoms with van der Waals surface area (Å²) in [7, 11) is 0. The van der Waals surface area contributed by atoms with Crippen molar-refractivity contribution < 1.29 is 18.4 Å². The Morgan fingerprint density at radius 1 is 0.793 bits per heavy atom. The first kappa shape index (κ1) is 18.8. The SMILES string of the molecule is O=C(Nc1c(F)cccc1F)c1ccc(C(=O)N2CCc3ccccc3C2)cc1. The molecule has 2 amide bonds. The van der Waals surface area contributed by atoms with Crippen LogP contribution in [0.25, 0.3) is 0 Å². The van der Waals surface area contributed by atoms with Crippen LogP contribution in [0.15, 0.2) is 66.7 Å². The summed E-state index contributed by atoms with van der Waals surface area (Å²) in [6.45, 7) is 1.18. The number of hydrogen-bond donors (Lipinski definition) is 1. The lowest BCUT2D eigenvalue weighted by Crippen LogP contribution is -2.35. The minimum absolute atomic E-state index is 0.119. The monoisotopic (exact) mass is 392 g/mol. The van der Waals surface area contributed by atoms with Crippen molar-refractivity contribution in [3.05, 3.63) is 101 Å². The molecule has 29 heavy (non-hydrogen) atoms. The smallest absolute Gasteiger partial charge is 0.255 e. The first-order chi connectivity index (χ1) is 14.0. The Hall–Kier alpha value is -3.54. The molecule has 0 atom stereocenters. The van der Waals surface area contributed by atoms with Crippen LogP contribution in [0, 0.1) is 11.6 Å². The number of carbonyl (C=O) groups is 2. The maximum atomic E-state index is 13.7. The van der Waals surface area contributed by atoms with Gasteiger partial charge in [-0.25, -0.2) is 8.78 Å². The first-order valence-electron chi connectivity index (χ1n) is 9.24. The second kappa shape index (κ2) is 7.83. The Kier molecular flexibility index (Phi) is 5.08. The first-order valence-corrected chi connectivity index (χ1v) is 9.24. The molecule has 6 heteroatoms. The van der Waals surface area contributed by atoms with Crippen molar-refractivity contribution in [3.8, 4) is 0 Å². The molecule has 1 aliphatic rings. The molecule has 3 aromatic rings. The summed E-state index contributed by atoms with van der Waals surface area (Å²) in [6, 6.07) is 17.4. The van der Waals surface area contributed by atoms with Crippen LogP contribution in [-0.2, 0) is 13.0 Å². The molecule has 4 nitrogen and oxygen atoms in total. The highest BCUT2D eigenvalue weighted by atomic mass is 19.1. The maximum Gasteiger partial charge on any atom is 0.255 e. The molecular weight excluding hydrogens is 374 g/mol. The average molecular weight is 392 g/mol. The molecule has 0 saturated heterocycles. The van der Waals surface area contributed by atoms with Crippen molar-refractivity contribution in [1.29, 1.82) is 0 Å². The second-order valence-corrected chi connectivity index (χ2v) is 6.87. The van der Waals surface area contributed by atoms with E-state index in [1.165, 1.54) is 23.8 Å². The fourth-order valence-electron chi connectivity index (χ4n) is 3.42. The third-order valence-electron chi connectivity index (χ3n) is 5.01. The molecule has 0 fully saturated rings. The number of amides is 2. The van der Waals surface area contributed by atoms with Gasteiger partial charge in [-0.15, -0.1) is 0 Å². The molecule has 0 aromatic heterocycles. The molecule has 0 saturated carbocycles. The van der Waals surface area contributed by atoms with E-state index in [-0.39, 0.29) is 11.5 Å². The predicted octanol–water partition coefficient (Wildman–Crippen LogP) is 4.42. The van der Waals surface area contributed by atoms with Gasteiger partial charge in [-0.1, -0.05) is 30.3 Å². The van der Waals surface area contributed by atoms with Gasteiger partial charge in [-0.05, 0) is 53.9 Å². The average Bonchev–Trinajstić information content (AvgIpc) is 2.75. The summed E-state index contributed by atoms with van der Waals surface area (Å²) in [5.74, 6) is -2.47. The number of para-hydroxylation sites is 1. The number of carbonyl (C=O) groups excluding carboxylic acids is 2. The number of nitrogens with one attached hydrogen (secondary N) is 1. The number of nitrogens with zero attached hydrogens (tertiary/aromatic N) is 1. The Morgan fingerprint density at radius 2 is 1.41 bits per heavy atom. The molecule has 4 rings (SSSR count). The van der Waals surface area contributed by atoms with Gasteiger partial charge in [0, 0.05) is 24.2 Å². The zero-order chi connectivity index (χ0) is 20.4. The topological polar surface area (TPSA) is 49.4 Å². The van der Waals surface area contributed by atoms with Crippen LogP contribution in [0.4, 0.5) is 14.5 Å². The van der Waals surface area contributed by atoms with Gasteiger partial charge in [-0.3, -0.25) is 9.59 Å². The highest BCUT2D eigenvalue weighted by molar-refractivity contribution is 6.05. The maximum absolute atomic E-state index is 13.7. The van der Waals surface area contributed by atoms with Gasteiger partial charge in [-0.2, -0.15) is 0 Å². The minimum Gasteiger partial charge on any atom is -0.334 e. The van der Waals surface area contributed by atoms with E-state index >= 15 is 0 Å². The lowest BCUT2D eigenvalue weighted by Gasteiger charge is -2.29. The van der Waals surface area contributed by atoms with Gasteiger partial charge >= 0.3 is 0 Å². The number of fused-ring (bicyclic) bond motifs is 1. The van der Waals surface area contributed by atoms with Crippen LogP contribution >= 0.6 is 0 Å². The number of rotatable bonds is 3. The second-order valence-electron chi connectivity index (χ2n) is 6.87. The molecule has 0 bridgehead atoms. The van der Waals surface area contributed by atoms with Crippen molar-refractivity contribution in [1.82, 2.24) is 4.90 Å². The highest BCUT2D eigenvalue weighted by Gasteiger charge is 2.22. The van der Waals surface area contributed by atoms with Crippen LogP contribution in [-0.4, -0.2) is 23.3 Å². The van der Waals surface area contributed by atoms with Gasteiger partial charge in [0.05, 0.1) is 0 Å². The van der Waals surface area contributed by atoms with Crippen LogP contribution in [0.3, 0.4) is 0 Å². The Bertz CT molecular complexity index is 1060. The lowest BCUT2D eigenvalue weighted by atomic mass is 9.99. The van der Waals surface area contributed by atoms with Crippen molar-refractivity contribution in [2.45, 2.75) is 13.0 Å². The third-order valence-corrected chi connectivity index (χ3v) is 5.01. The van der Waals surface area contributed by atoms with Crippen molar-refractivity contribution in [2.24, 2.45) is 0 Å². The van der Waals surface area contributed by atoms with E-state index in [9.17, 15) is 18.4 Å². The van der Waals surface area contributed by atoms with E-state index in [2.05, 4.69) is 11.4 Å². The predicted molar refractivity (Wildman–Crippen MR) is 106 cm³/mol. The van der Waals surface area contributed by atoms with E-state index in [1.807, 2.05) is 18.2 Å². The summed E-state index contributed by atoms with van der Waals surface area (Å²) in [5, 5.41) is 2.23. The van der Waals surface area contributed by atoms with E-state index in [0.717, 1.165) is 24.1 Å². The molecule has 1 heterocycles. The standard InChI is InChI=1S/C23H18F2N2O2/c24-19-6-3-7-20(25)21(19)26-22(28)16-8-10-17(11-9-16)23(29)27-13-12-15-4-1-2-5-18(15)14-27/h1-11H,12-14H2,(H,26,28). The fraction of sp³-hybridized carbons (Fsp3) is 0.130. The number of benzene rings is 3. The molecule has 0 radical (unpaired) electrons. The summed E-state index contributed by atoms with van der Waals surface area (Å²) >= 11 is 0. The normalized spacial score (nSPS) is 13.0. The molecule has 0 aliphatic carbocycles. The summed E-state index contributed by atoms with van der Waals surface area (Å²) < 4.78 is 27.4. The van der Waals surface area contributed by atoms with Crippen LogP contribution < -0.4 is 5.32 Å². The van der Waals surface area contributed by atoms with Gasteiger partial charge in [0.15, 0.2) is 0 Å². The van der Waals surface area contributed by atoms with Crippen LogP contribution in [0.1, 0.15) is 31.8 Å². The molecule has 3 aromatic carbocycles. The zero-order valence-electron chi connectivity index (χ0n) is 15.5.